The van der Waals surface area contributed by atoms with Crippen LogP contribution in [0.4, 0.5) is 0 Å². The van der Waals surface area contributed by atoms with Crippen molar-refractivity contribution in [2.45, 2.75) is 52.1 Å². The van der Waals surface area contributed by atoms with Gasteiger partial charge in [0.05, 0.1) is 12.2 Å². The van der Waals surface area contributed by atoms with Crippen LogP contribution in [0.2, 0.25) is 0 Å². The van der Waals surface area contributed by atoms with Crippen molar-refractivity contribution in [2.24, 2.45) is 5.41 Å². The second-order valence-corrected chi connectivity index (χ2v) is 8.76. The Balaban J connectivity index is 1.41. The topological polar surface area (TPSA) is 58.4 Å². The van der Waals surface area contributed by atoms with Crippen molar-refractivity contribution in [3.63, 3.8) is 0 Å². The number of rotatable bonds is 4. The van der Waals surface area contributed by atoms with Crippen LogP contribution in [0.15, 0.2) is 42.7 Å². The van der Waals surface area contributed by atoms with E-state index in [4.69, 9.17) is 0 Å². The predicted molar refractivity (Wildman–Crippen MR) is 111 cm³/mol. The van der Waals surface area contributed by atoms with Gasteiger partial charge in [0.2, 0.25) is 5.91 Å². The van der Waals surface area contributed by atoms with Crippen molar-refractivity contribution < 1.29 is 9.59 Å². The highest BCUT2D eigenvalue weighted by Gasteiger charge is 2.42. The van der Waals surface area contributed by atoms with Gasteiger partial charge in [0.15, 0.2) is 0 Å². The first-order valence-corrected chi connectivity index (χ1v) is 10.6. The van der Waals surface area contributed by atoms with Crippen LogP contribution >= 0.6 is 0 Å². The highest BCUT2D eigenvalue weighted by atomic mass is 16.2. The molecule has 2 aliphatic heterocycles. The lowest BCUT2D eigenvalue weighted by Crippen LogP contribution is -2.52. The Labute approximate surface area is 172 Å². The molecule has 0 N–H and O–H groups in total. The van der Waals surface area contributed by atoms with E-state index in [2.05, 4.69) is 18.8 Å². The lowest BCUT2D eigenvalue weighted by molar-refractivity contribution is -0.139. The molecule has 1 spiro atoms. The fourth-order valence-corrected chi connectivity index (χ4v) is 4.71. The van der Waals surface area contributed by atoms with Crippen molar-refractivity contribution in [3.05, 3.63) is 54.1 Å². The van der Waals surface area contributed by atoms with E-state index in [1.807, 2.05) is 50.9 Å². The van der Waals surface area contributed by atoms with Gasteiger partial charge < -0.3 is 14.4 Å². The number of carbonyl (C=O) groups excluding carboxylic acids is 2. The molecule has 0 unspecified atom stereocenters. The van der Waals surface area contributed by atoms with Crippen molar-refractivity contribution >= 4 is 11.8 Å². The van der Waals surface area contributed by atoms with Crippen LogP contribution < -0.4 is 0 Å². The molecule has 0 radical (unpaired) electrons. The van der Waals surface area contributed by atoms with Gasteiger partial charge in [0.1, 0.15) is 5.69 Å². The Hall–Kier alpha value is -2.63. The molecule has 4 rings (SSSR count). The molecule has 2 aromatic heterocycles. The monoisotopic (exact) mass is 394 g/mol. The molecule has 0 aromatic carbocycles. The zero-order chi connectivity index (χ0) is 20.4. The second-order valence-electron chi connectivity index (χ2n) is 8.76. The predicted octanol–water partition coefficient (Wildman–Crippen LogP) is 3.51. The van der Waals surface area contributed by atoms with Crippen LogP contribution in [0.5, 0.6) is 0 Å². The lowest BCUT2D eigenvalue weighted by Gasteiger charge is -2.47. The zero-order valence-electron chi connectivity index (χ0n) is 17.4. The van der Waals surface area contributed by atoms with Crippen LogP contribution in [0.3, 0.4) is 0 Å². The van der Waals surface area contributed by atoms with Gasteiger partial charge in [0.25, 0.3) is 5.91 Å². The van der Waals surface area contributed by atoms with Crippen LogP contribution in [0, 0.1) is 5.41 Å². The summed E-state index contributed by atoms with van der Waals surface area (Å²) >= 11 is 0. The van der Waals surface area contributed by atoms with Crippen molar-refractivity contribution in [1.29, 1.82) is 0 Å². The molecule has 2 aliphatic rings. The zero-order valence-corrected chi connectivity index (χ0v) is 17.4. The number of nitrogens with zero attached hydrogens (tertiary/aromatic N) is 4. The maximum absolute atomic E-state index is 13.0. The summed E-state index contributed by atoms with van der Waals surface area (Å²) in [7, 11) is 0. The molecular formula is C23H30N4O2. The Kier molecular flexibility index (Phi) is 5.43. The van der Waals surface area contributed by atoms with Crippen molar-refractivity contribution in [2.75, 3.05) is 19.6 Å². The quantitative estimate of drug-likeness (QED) is 0.797. The average molecular weight is 395 g/mol. The van der Waals surface area contributed by atoms with Crippen LogP contribution in [0.1, 0.15) is 61.8 Å². The first kappa shape index (κ1) is 19.7. The van der Waals surface area contributed by atoms with Crippen LogP contribution in [-0.4, -0.2) is 50.8 Å². The second kappa shape index (κ2) is 8.01. The number of aromatic nitrogens is 2. The van der Waals surface area contributed by atoms with E-state index in [9.17, 15) is 9.59 Å². The minimum Gasteiger partial charge on any atom is -0.341 e. The molecule has 6 heteroatoms. The normalized spacial score (nSPS) is 19.2. The van der Waals surface area contributed by atoms with E-state index in [1.54, 1.807) is 6.20 Å². The van der Waals surface area contributed by atoms with Gasteiger partial charge in [-0.15, -0.1) is 0 Å². The number of pyridine rings is 1. The molecule has 2 saturated heterocycles. The molecule has 2 aromatic rings. The van der Waals surface area contributed by atoms with E-state index in [0.29, 0.717) is 13.0 Å². The molecular weight excluding hydrogens is 364 g/mol. The molecule has 29 heavy (non-hydrogen) atoms. The number of amides is 2. The molecule has 2 amide bonds. The van der Waals surface area contributed by atoms with Gasteiger partial charge in [-0.2, -0.15) is 0 Å². The van der Waals surface area contributed by atoms with Gasteiger partial charge in [0, 0.05) is 44.5 Å². The first-order valence-electron chi connectivity index (χ1n) is 10.6. The Morgan fingerprint density at radius 3 is 2.62 bits per heavy atom. The summed E-state index contributed by atoms with van der Waals surface area (Å²) in [5.41, 5.74) is 1.82. The number of likely N-dealkylation sites (tertiary alicyclic amines) is 2. The van der Waals surface area contributed by atoms with E-state index in [1.165, 1.54) is 0 Å². The summed E-state index contributed by atoms with van der Waals surface area (Å²) in [6, 6.07) is 9.96. The Bertz CT molecular complexity index is 866. The molecule has 4 heterocycles. The average Bonchev–Trinajstić information content (AvgIpc) is 3.22. The summed E-state index contributed by atoms with van der Waals surface area (Å²) in [5.74, 6) is 0.338. The number of piperidine rings is 2. The standard InChI is InChI=1S/C23H30N4O2/c1-18(2)27-13-5-7-20(27)22(29)25-14-10-23(11-15-25)9-8-21(28)26(17-23)16-19-6-3-4-12-24-19/h3-7,12-13,18H,8-11,14-17H2,1-2H3. The van der Waals surface area contributed by atoms with Gasteiger partial charge >= 0.3 is 0 Å². The number of carbonyl (C=O) groups is 2. The van der Waals surface area contributed by atoms with Gasteiger partial charge in [-0.3, -0.25) is 14.6 Å². The summed E-state index contributed by atoms with van der Waals surface area (Å²) in [4.78, 5) is 33.9. The molecule has 0 aliphatic carbocycles. The first-order chi connectivity index (χ1) is 14.0. The minimum atomic E-state index is 0.121. The van der Waals surface area contributed by atoms with Gasteiger partial charge in [-0.05, 0) is 62.8 Å². The number of hydrogen-bond acceptors (Lipinski definition) is 3. The van der Waals surface area contributed by atoms with Gasteiger partial charge in [-0.1, -0.05) is 6.07 Å². The third-order valence-electron chi connectivity index (χ3n) is 6.49. The fraction of sp³-hybridized carbons (Fsp3) is 0.522. The SMILES string of the molecule is CC(C)n1cccc1C(=O)N1CCC2(CCC(=O)N(Cc3ccccn3)C2)CC1. The van der Waals surface area contributed by atoms with E-state index >= 15 is 0 Å². The summed E-state index contributed by atoms with van der Waals surface area (Å²) in [6.45, 7) is 7.05. The van der Waals surface area contributed by atoms with Crippen LogP contribution in [0.25, 0.3) is 0 Å². The molecule has 154 valence electrons. The van der Waals surface area contributed by atoms with Crippen LogP contribution in [-0.2, 0) is 11.3 Å². The minimum absolute atomic E-state index is 0.121. The molecule has 0 atom stereocenters. The maximum atomic E-state index is 13.0. The fourth-order valence-electron chi connectivity index (χ4n) is 4.71. The summed E-state index contributed by atoms with van der Waals surface area (Å²) in [6.07, 6.45) is 7.17. The van der Waals surface area contributed by atoms with Gasteiger partial charge in [-0.25, -0.2) is 0 Å². The molecule has 0 saturated carbocycles. The largest absolute Gasteiger partial charge is 0.341 e. The molecule has 0 bridgehead atoms. The summed E-state index contributed by atoms with van der Waals surface area (Å²) in [5, 5.41) is 0. The van der Waals surface area contributed by atoms with Crippen molar-refractivity contribution in [3.8, 4) is 0 Å². The highest BCUT2D eigenvalue weighted by Crippen LogP contribution is 2.40. The van der Waals surface area contributed by atoms with Crippen molar-refractivity contribution in [1.82, 2.24) is 19.4 Å². The Morgan fingerprint density at radius 1 is 1.14 bits per heavy atom. The summed E-state index contributed by atoms with van der Waals surface area (Å²) < 4.78 is 2.04. The third kappa shape index (κ3) is 4.07. The van der Waals surface area contributed by atoms with E-state index < -0.39 is 0 Å². The number of hydrogen-bond donors (Lipinski definition) is 0. The van der Waals surface area contributed by atoms with E-state index in [-0.39, 0.29) is 23.3 Å². The molecule has 6 nitrogen and oxygen atoms in total. The maximum Gasteiger partial charge on any atom is 0.270 e. The lowest BCUT2D eigenvalue weighted by atomic mass is 9.72. The third-order valence-corrected chi connectivity index (χ3v) is 6.49. The van der Waals surface area contributed by atoms with E-state index in [0.717, 1.165) is 50.3 Å². The smallest absolute Gasteiger partial charge is 0.270 e. The highest BCUT2D eigenvalue weighted by molar-refractivity contribution is 5.93. The molecule has 2 fully saturated rings. The Morgan fingerprint density at radius 2 is 1.93 bits per heavy atom.